The molecule has 0 radical (unpaired) electrons. The van der Waals surface area contributed by atoms with Gasteiger partial charge in [-0.15, -0.1) is 11.3 Å². The number of nitrogens with one attached hydrogen (secondary N) is 1. The third kappa shape index (κ3) is 3.47. The highest BCUT2D eigenvalue weighted by Gasteiger charge is 2.02. The zero-order chi connectivity index (χ0) is 8.32. The molecule has 1 heterocycles. The normalized spacial score (nSPS) is 11.7. The van der Waals surface area contributed by atoms with Gasteiger partial charge in [-0.25, -0.2) is 0 Å². The van der Waals surface area contributed by atoms with E-state index in [1.54, 1.807) is 6.07 Å². The third-order valence-corrected chi connectivity index (χ3v) is 2.39. The lowest BCUT2D eigenvalue weighted by atomic mass is 10.5. The monoisotopic (exact) mass is 193 g/mol. The van der Waals surface area contributed by atoms with Crippen LogP contribution >= 0.6 is 11.3 Å². The van der Waals surface area contributed by atoms with Crippen molar-refractivity contribution in [3.8, 4) is 0 Å². The second kappa shape index (κ2) is 3.31. The summed E-state index contributed by atoms with van der Waals surface area (Å²) < 4.78 is 30.6. The van der Waals surface area contributed by atoms with Gasteiger partial charge in [0.25, 0.3) is 0 Å². The van der Waals surface area contributed by atoms with Crippen molar-refractivity contribution in [2.75, 3.05) is 0 Å². The van der Waals surface area contributed by atoms with Crippen molar-refractivity contribution >= 4 is 21.6 Å². The Labute approximate surface area is 68.8 Å². The van der Waals surface area contributed by atoms with E-state index in [1.165, 1.54) is 11.3 Å². The number of hydrogen-bond acceptors (Lipinski definition) is 3. The maximum absolute atomic E-state index is 10.2. The first-order valence-electron chi connectivity index (χ1n) is 2.82. The van der Waals surface area contributed by atoms with Crippen molar-refractivity contribution in [1.29, 1.82) is 0 Å². The summed E-state index contributed by atoms with van der Waals surface area (Å²) in [4.78, 5) is 0.864. The molecule has 0 amide bonds. The lowest BCUT2D eigenvalue weighted by Crippen LogP contribution is -2.21. The lowest BCUT2D eigenvalue weighted by Gasteiger charge is -1.95. The van der Waals surface area contributed by atoms with Gasteiger partial charge in [0.1, 0.15) is 0 Å². The highest BCUT2D eigenvalue weighted by Crippen LogP contribution is 2.07. The molecular formula is C5H7NO3S2. The highest BCUT2D eigenvalue weighted by molar-refractivity contribution is 7.83. The van der Waals surface area contributed by atoms with E-state index in [4.69, 9.17) is 4.55 Å². The van der Waals surface area contributed by atoms with Crippen molar-refractivity contribution in [1.82, 2.24) is 4.72 Å². The van der Waals surface area contributed by atoms with E-state index < -0.39 is 10.3 Å². The molecule has 0 aliphatic heterocycles. The standard InChI is InChI=1S/C5H7NO3S2/c7-11(8,9)6-4-5-2-1-3-10-5/h1-3,6H,4H2,(H,7,8,9). The minimum Gasteiger partial charge on any atom is -0.273 e. The molecule has 0 fully saturated rings. The van der Waals surface area contributed by atoms with Crippen LogP contribution in [0.4, 0.5) is 0 Å². The topological polar surface area (TPSA) is 66.4 Å². The molecule has 1 aromatic rings. The predicted molar refractivity (Wildman–Crippen MR) is 42.7 cm³/mol. The first kappa shape index (κ1) is 8.66. The highest BCUT2D eigenvalue weighted by atomic mass is 32.2. The second-order valence-electron chi connectivity index (χ2n) is 1.88. The number of thiophene rings is 1. The van der Waals surface area contributed by atoms with Gasteiger partial charge in [-0.1, -0.05) is 6.07 Å². The first-order chi connectivity index (χ1) is 5.08. The van der Waals surface area contributed by atoms with Gasteiger partial charge in [-0.3, -0.25) is 4.55 Å². The fourth-order valence-corrected chi connectivity index (χ4v) is 1.65. The van der Waals surface area contributed by atoms with E-state index in [2.05, 4.69) is 0 Å². The van der Waals surface area contributed by atoms with Gasteiger partial charge in [-0.2, -0.15) is 13.1 Å². The summed E-state index contributed by atoms with van der Waals surface area (Å²) in [5.41, 5.74) is 0. The van der Waals surface area contributed by atoms with Crippen LogP contribution in [0.15, 0.2) is 17.5 Å². The Bertz CT molecular complexity index is 302. The summed E-state index contributed by atoms with van der Waals surface area (Å²) in [5.74, 6) is 0. The van der Waals surface area contributed by atoms with Crippen molar-refractivity contribution < 1.29 is 13.0 Å². The van der Waals surface area contributed by atoms with Crippen LogP contribution in [0.25, 0.3) is 0 Å². The van der Waals surface area contributed by atoms with Gasteiger partial charge in [0, 0.05) is 11.4 Å². The molecular weight excluding hydrogens is 186 g/mol. The molecule has 0 bridgehead atoms. The van der Waals surface area contributed by atoms with E-state index in [0.29, 0.717) is 0 Å². The molecule has 1 aromatic heterocycles. The number of rotatable bonds is 3. The Morgan fingerprint density at radius 3 is 2.82 bits per heavy atom. The molecule has 0 saturated carbocycles. The van der Waals surface area contributed by atoms with E-state index in [9.17, 15) is 8.42 Å². The van der Waals surface area contributed by atoms with Gasteiger partial charge in [0.05, 0.1) is 0 Å². The molecule has 6 heteroatoms. The predicted octanol–water partition coefficient (Wildman–Crippen LogP) is 0.640. The molecule has 62 valence electrons. The van der Waals surface area contributed by atoms with Gasteiger partial charge in [-0.05, 0) is 11.4 Å². The zero-order valence-corrected chi connectivity index (χ0v) is 7.15. The molecule has 2 N–H and O–H groups in total. The summed E-state index contributed by atoms with van der Waals surface area (Å²) in [7, 11) is -4.04. The van der Waals surface area contributed by atoms with E-state index >= 15 is 0 Å². The van der Waals surface area contributed by atoms with Crippen molar-refractivity contribution in [2.45, 2.75) is 6.54 Å². The van der Waals surface area contributed by atoms with Gasteiger partial charge in [0.2, 0.25) is 0 Å². The minimum absolute atomic E-state index is 0.149. The molecule has 0 spiro atoms. The van der Waals surface area contributed by atoms with Crippen LogP contribution in [-0.2, 0) is 16.8 Å². The smallest absolute Gasteiger partial charge is 0.273 e. The van der Waals surface area contributed by atoms with Crippen LogP contribution in [0.5, 0.6) is 0 Å². The van der Waals surface area contributed by atoms with Crippen molar-refractivity contribution in [2.24, 2.45) is 0 Å². The largest absolute Gasteiger partial charge is 0.333 e. The summed E-state index contributed by atoms with van der Waals surface area (Å²) >= 11 is 1.43. The first-order valence-corrected chi connectivity index (χ1v) is 5.14. The van der Waals surface area contributed by atoms with Crippen LogP contribution < -0.4 is 4.72 Å². The minimum atomic E-state index is -4.04. The summed E-state index contributed by atoms with van der Waals surface area (Å²) in [5, 5.41) is 1.83. The lowest BCUT2D eigenvalue weighted by molar-refractivity contribution is 0.467. The van der Waals surface area contributed by atoms with E-state index in [0.717, 1.165) is 4.88 Å². The molecule has 1 rings (SSSR count). The molecule has 0 unspecified atom stereocenters. The van der Waals surface area contributed by atoms with Gasteiger partial charge in [0.15, 0.2) is 0 Å². The zero-order valence-electron chi connectivity index (χ0n) is 5.52. The molecule has 0 atom stereocenters. The fraction of sp³-hybridized carbons (Fsp3) is 0.200. The van der Waals surface area contributed by atoms with Crippen molar-refractivity contribution in [3.05, 3.63) is 22.4 Å². The Morgan fingerprint density at radius 1 is 1.64 bits per heavy atom. The summed E-state index contributed by atoms with van der Waals surface area (Å²) in [6, 6.07) is 3.59. The third-order valence-electron chi connectivity index (χ3n) is 1.01. The van der Waals surface area contributed by atoms with Crippen LogP contribution in [0.3, 0.4) is 0 Å². The molecule has 0 aliphatic carbocycles. The van der Waals surface area contributed by atoms with Crippen LogP contribution in [0, 0.1) is 0 Å². The molecule has 0 saturated heterocycles. The van der Waals surface area contributed by atoms with Crippen LogP contribution in [0.1, 0.15) is 4.88 Å². The second-order valence-corrected chi connectivity index (χ2v) is 4.15. The molecule has 0 aromatic carbocycles. The number of hydrogen-bond donors (Lipinski definition) is 2. The average Bonchev–Trinajstić information content (AvgIpc) is 2.32. The fourth-order valence-electron chi connectivity index (χ4n) is 0.575. The van der Waals surface area contributed by atoms with Crippen LogP contribution in [-0.4, -0.2) is 13.0 Å². The van der Waals surface area contributed by atoms with E-state index in [-0.39, 0.29) is 6.54 Å². The maximum atomic E-state index is 10.2. The average molecular weight is 193 g/mol. The Morgan fingerprint density at radius 2 is 2.36 bits per heavy atom. The summed E-state index contributed by atoms with van der Waals surface area (Å²) in [6.07, 6.45) is 0. The Kier molecular flexibility index (Phi) is 2.61. The van der Waals surface area contributed by atoms with Crippen LogP contribution in [0.2, 0.25) is 0 Å². The maximum Gasteiger partial charge on any atom is 0.333 e. The van der Waals surface area contributed by atoms with Crippen molar-refractivity contribution in [3.63, 3.8) is 0 Å². The Balaban J connectivity index is 2.48. The SMILES string of the molecule is O=S(=O)(O)NCc1cccs1. The molecule has 11 heavy (non-hydrogen) atoms. The van der Waals surface area contributed by atoms with E-state index in [1.807, 2.05) is 16.2 Å². The van der Waals surface area contributed by atoms with Gasteiger partial charge < -0.3 is 0 Å². The Hall–Kier alpha value is -0.430. The molecule has 4 nitrogen and oxygen atoms in total. The molecule has 0 aliphatic rings. The van der Waals surface area contributed by atoms with Gasteiger partial charge >= 0.3 is 10.3 Å². The summed E-state index contributed by atoms with van der Waals surface area (Å²) in [6.45, 7) is 0.149. The quantitative estimate of drug-likeness (QED) is 0.692.